The van der Waals surface area contributed by atoms with Crippen LogP contribution < -0.4 is 5.32 Å². The maximum absolute atomic E-state index is 11.2. The molecule has 0 saturated carbocycles. The lowest BCUT2D eigenvalue weighted by atomic mass is 10.00. The third-order valence-electron chi connectivity index (χ3n) is 1.89. The Kier molecular flexibility index (Phi) is 6.65. The van der Waals surface area contributed by atoms with E-state index in [9.17, 15) is 4.79 Å². The van der Waals surface area contributed by atoms with E-state index in [0.29, 0.717) is 19.8 Å². The van der Waals surface area contributed by atoms with E-state index >= 15 is 0 Å². The van der Waals surface area contributed by atoms with Gasteiger partial charge in [0.05, 0.1) is 25.4 Å². The summed E-state index contributed by atoms with van der Waals surface area (Å²) in [6, 6.07) is 0. The van der Waals surface area contributed by atoms with Gasteiger partial charge >= 0.3 is 0 Å². The van der Waals surface area contributed by atoms with Crippen LogP contribution in [0.15, 0.2) is 0 Å². The minimum atomic E-state index is -0.725. The highest BCUT2D eigenvalue weighted by Gasteiger charge is 2.25. The Hall–Kier alpha value is -0.490. The lowest BCUT2D eigenvalue weighted by Crippen LogP contribution is -2.49. The molecular weight excluding hydrogens is 186 g/mol. The summed E-state index contributed by atoms with van der Waals surface area (Å²) >= 11 is 0. The number of ketones is 1. The average Bonchev–Trinajstić information content (AvgIpc) is 2.16. The van der Waals surface area contributed by atoms with Gasteiger partial charge in [-0.15, -0.1) is 0 Å². The molecule has 0 amide bonds. The van der Waals surface area contributed by atoms with E-state index in [1.165, 1.54) is 0 Å². The van der Waals surface area contributed by atoms with Gasteiger partial charge < -0.3 is 20.3 Å². The van der Waals surface area contributed by atoms with E-state index in [1.54, 1.807) is 13.8 Å². The quantitative estimate of drug-likeness (QED) is 0.439. The van der Waals surface area contributed by atoms with Crippen molar-refractivity contribution >= 4 is 5.78 Å². The first-order valence-corrected chi connectivity index (χ1v) is 4.62. The van der Waals surface area contributed by atoms with Gasteiger partial charge in [-0.1, -0.05) is 0 Å². The molecule has 0 saturated heterocycles. The third-order valence-corrected chi connectivity index (χ3v) is 1.89. The molecule has 0 aromatic rings. The minimum Gasteiger partial charge on any atom is -0.394 e. The molecule has 0 atom stereocenters. The summed E-state index contributed by atoms with van der Waals surface area (Å²) in [4.78, 5) is 11.2. The fraction of sp³-hybridized carbons (Fsp3) is 0.889. The molecular formula is C9H19NO4. The molecule has 5 nitrogen and oxygen atoms in total. The van der Waals surface area contributed by atoms with Crippen LogP contribution in [0.2, 0.25) is 0 Å². The molecule has 0 aromatic carbocycles. The number of rotatable bonds is 8. The Morgan fingerprint density at radius 2 is 2.00 bits per heavy atom. The zero-order chi connectivity index (χ0) is 11.0. The van der Waals surface area contributed by atoms with Crippen LogP contribution in [0.1, 0.15) is 13.8 Å². The molecule has 0 unspecified atom stereocenters. The van der Waals surface area contributed by atoms with Crippen molar-refractivity contribution in [1.29, 1.82) is 0 Å². The van der Waals surface area contributed by atoms with Crippen LogP contribution >= 0.6 is 0 Å². The van der Waals surface area contributed by atoms with Crippen LogP contribution in [0, 0.1) is 0 Å². The van der Waals surface area contributed by atoms with E-state index in [1.807, 2.05) is 0 Å². The van der Waals surface area contributed by atoms with Crippen molar-refractivity contribution in [2.75, 3.05) is 33.0 Å². The number of carbonyl (C=O) groups is 1. The van der Waals surface area contributed by atoms with Gasteiger partial charge in [-0.3, -0.25) is 4.79 Å². The van der Waals surface area contributed by atoms with Gasteiger partial charge in [-0.05, 0) is 13.8 Å². The Bertz CT molecular complexity index is 170. The molecule has 14 heavy (non-hydrogen) atoms. The summed E-state index contributed by atoms with van der Waals surface area (Å²) in [6.07, 6.45) is 0. The van der Waals surface area contributed by atoms with Crippen molar-refractivity contribution in [3.8, 4) is 0 Å². The molecule has 0 aliphatic heterocycles. The van der Waals surface area contributed by atoms with Crippen molar-refractivity contribution < 1.29 is 19.7 Å². The lowest BCUT2D eigenvalue weighted by Gasteiger charge is -2.23. The molecule has 0 aliphatic carbocycles. The monoisotopic (exact) mass is 205 g/mol. The number of hydrogen-bond donors (Lipinski definition) is 3. The van der Waals surface area contributed by atoms with Gasteiger partial charge in [-0.25, -0.2) is 0 Å². The molecule has 0 fully saturated rings. The third kappa shape index (κ3) is 5.29. The van der Waals surface area contributed by atoms with E-state index in [2.05, 4.69) is 5.32 Å². The Morgan fingerprint density at radius 1 is 1.36 bits per heavy atom. The van der Waals surface area contributed by atoms with E-state index in [0.717, 1.165) is 0 Å². The molecule has 0 heterocycles. The van der Waals surface area contributed by atoms with Gasteiger partial charge in [0.15, 0.2) is 5.78 Å². The first-order valence-electron chi connectivity index (χ1n) is 4.62. The number of Topliss-reactive ketones (excluding diaryl/α,β-unsaturated/α-hetero) is 1. The molecule has 5 heteroatoms. The highest BCUT2D eigenvalue weighted by molar-refractivity contribution is 5.88. The Balaban J connectivity index is 3.60. The standard InChI is InChI=1S/C9H19NO4/c1-9(2,8(13)7-12)10-3-5-14-6-4-11/h10-12H,3-7H2,1-2H3. The highest BCUT2D eigenvalue weighted by atomic mass is 16.5. The SMILES string of the molecule is CC(C)(NCCOCCO)C(=O)CO. The maximum Gasteiger partial charge on any atom is 0.177 e. The van der Waals surface area contributed by atoms with Crippen molar-refractivity contribution in [3.63, 3.8) is 0 Å². The van der Waals surface area contributed by atoms with Crippen LogP contribution in [-0.4, -0.2) is 54.5 Å². The Morgan fingerprint density at radius 3 is 2.50 bits per heavy atom. The molecule has 0 rings (SSSR count). The average molecular weight is 205 g/mol. The fourth-order valence-electron chi connectivity index (χ4n) is 0.899. The number of carbonyl (C=O) groups excluding carboxylic acids is 1. The van der Waals surface area contributed by atoms with Crippen LogP contribution in [0.4, 0.5) is 0 Å². The number of aliphatic hydroxyl groups excluding tert-OH is 2. The summed E-state index contributed by atoms with van der Waals surface area (Å²) in [5.74, 6) is -0.250. The summed E-state index contributed by atoms with van der Waals surface area (Å²) in [5, 5.41) is 20.0. The Labute approximate surface area is 84.1 Å². The van der Waals surface area contributed by atoms with Gasteiger partial charge in [-0.2, -0.15) is 0 Å². The zero-order valence-corrected chi connectivity index (χ0v) is 8.75. The van der Waals surface area contributed by atoms with E-state index in [-0.39, 0.29) is 12.4 Å². The summed E-state index contributed by atoms with van der Waals surface area (Å²) in [7, 11) is 0. The van der Waals surface area contributed by atoms with Crippen LogP contribution in [0.3, 0.4) is 0 Å². The van der Waals surface area contributed by atoms with Crippen LogP contribution in [0.25, 0.3) is 0 Å². The van der Waals surface area contributed by atoms with Crippen molar-refractivity contribution in [1.82, 2.24) is 5.32 Å². The second-order valence-corrected chi connectivity index (χ2v) is 3.47. The summed E-state index contributed by atoms with van der Waals surface area (Å²) < 4.78 is 5.01. The number of ether oxygens (including phenoxy) is 1. The smallest absolute Gasteiger partial charge is 0.177 e. The molecule has 0 radical (unpaired) electrons. The highest BCUT2D eigenvalue weighted by Crippen LogP contribution is 2.02. The summed E-state index contributed by atoms with van der Waals surface area (Å²) in [5.41, 5.74) is -0.725. The van der Waals surface area contributed by atoms with Gasteiger partial charge in [0.1, 0.15) is 6.61 Å². The lowest BCUT2D eigenvalue weighted by molar-refractivity contribution is -0.127. The fourth-order valence-corrected chi connectivity index (χ4v) is 0.899. The van der Waals surface area contributed by atoms with Crippen molar-refractivity contribution in [3.05, 3.63) is 0 Å². The molecule has 0 aliphatic rings. The van der Waals surface area contributed by atoms with Gasteiger partial charge in [0.25, 0.3) is 0 Å². The van der Waals surface area contributed by atoms with Crippen LogP contribution in [-0.2, 0) is 9.53 Å². The van der Waals surface area contributed by atoms with E-state index in [4.69, 9.17) is 14.9 Å². The molecule has 0 aromatic heterocycles. The topological polar surface area (TPSA) is 78.8 Å². The predicted molar refractivity (Wildman–Crippen MR) is 52.1 cm³/mol. The van der Waals surface area contributed by atoms with Crippen LogP contribution in [0.5, 0.6) is 0 Å². The number of aliphatic hydroxyl groups is 2. The number of hydrogen-bond acceptors (Lipinski definition) is 5. The maximum atomic E-state index is 11.2. The minimum absolute atomic E-state index is 0.00103. The number of nitrogens with one attached hydrogen (secondary N) is 1. The second-order valence-electron chi connectivity index (χ2n) is 3.47. The second kappa shape index (κ2) is 6.89. The molecule has 84 valence electrons. The zero-order valence-electron chi connectivity index (χ0n) is 8.75. The van der Waals surface area contributed by atoms with Gasteiger partial charge in [0.2, 0.25) is 0 Å². The van der Waals surface area contributed by atoms with E-state index < -0.39 is 12.1 Å². The van der Waals surface area contributed by atoms with Crippen molar-refractivity contribution in [2.24, 2.45) is 0 Å². The first-order chi connectivity index (χ1) is 6.54. The molecule has 0 bridgehead atoms. The van der Waals surface area contributed by atoms with Crippen molar-refractivity contribution in [2.45, 2.75) is 19.4 Å². The van der Waals surface area contributed by atoms with Gasteiger partial charge in [0, 0.05) is 6.54 Å². The normalized spacial score (nSPS) is 11.7. The predicted octanol–water partition coefficient (Wildman–Crippen LogP) is -1.08. The molecule has 0 spiro atoms. The largest absolute Gasteiger partial charge is 0.394 e. The summed E-state index contributed by atoms with van der Waals surface area (Å²) in [6.45, 7) is 4.20. The first kappa shape index (κ1) is 13.5. The molecule has 3 N–H and O–H groups in total.